The predicted molar refractivity (Wildman–Crippen MR) is 87.0 cm³/mol. The molecule has 1 atom stereocenters. The number of halogens is 9. The fraction of sp³-hybridized carbons (Fsp3) is 0.438. The van der Waals surface area contributed by atoms with Gasteiger partial charge in [0, 0.05) is 5.69 Å². The largest absolute Gasteiger partial charge is 0.451 e. The van der Waals surface area contributed by atoms with Gasteiger partial charge < -0.3 is 14.8 Å². The molecule has 1 N–H and O–H groups in total. The standard InChI is InChI=1S/C16H13F9N4O2/c1-7-5-3-4-6-9(7)26-11-27-12(30-8(2)14(17,18)19)29-13(28-11)31-10(15(20,21)22)16(23,24)25/h3-6,8,10H,1-2H3,(H,26,27,28,29). The second-order valence-corrected chi connectivity index (χ2v) is 6.05. The van der Waals surface area contributed by atoms with Crippen LogP contribution in [0.25, 0.3) is 0 Å². The molecule has 15 heteroatoms. The van der Waals surface area contributed by atoms with E-state index in [1.165, 1.54) is 12.1 Å². The average Bonchev–Trinajstić information content (AvgIpc) is 2.59. The molecule has 172 valence electrons. The molecule has 0 bridgehead atoms. The van der Waals surface area contributed by atoms with Crippen LogP contribution in [0.2, 0.25) is 0 Å². The van der Waals surface area contributed by atoms with Crippen molar-refractivity contribution in [3.63, 3.8) is 0 Å². The molecule has 0 fully saturated rings. The molecule has 1 heterocycles. The van der Waals surface area contributed by atoms with E-state index in [0.29, 0.717) is 12.5 Å². The van der Waals surface area contributed by atoms with Crippen LogP contribution in [0.1, 0.15) is 12.5 Å². The zero-order valence-electron chi connectivity index (χ0n) is 15.5. The second kappa shape index (κ2) is 8.63. The van der Waals surface area contributed by atoms with Crippen LogP contribution in [-0.2, 0) is 0 Å². The van der Waals surface area contributed by atoms with Gasteiger partial charge in [0.25, 0.3) is 6.10 Å². The van der Waals surface area contributed by atoms with Crippen molar-refractivity contribution in [1.29, 1.82) is 0 Å². The van der Waals surface area contributed by atoms with Crippen LogP contribution in [0.3, 0.4) is 0 Å². The van der Waals surface area contributed by atoms with Gasteiger partial charge in [-0.15, -0.1) is 4.98 Å². The zero-order valence-corrected chi connectivity index (χ0v) is 15.5. The molecular formula is C16H13F9N4O2. The van der Waals surface area contributed by atoms with E-state index in [0.717, 1.165) is 0 Å². The monoisotopic (exact) mass is 464 g/mol. The van der Waals surface area contributed by atoms with Gasteiger partial charge in [-0.1, -0.05) is 18.2 Å². The summed E-state index contributed by atoms with van der Waals surface area (Å²) in [6, 6.07) is 3.45. The summed E-state index contributed by atoms with van der Waals surface area (Å²) in [6.07, 6.45) is -23.6. The van der Waals surface area contributed by atoms with Gasteiger partial charge in [0.1, 0.15) is 0 Å². The smallest absolute Gasteiger partial charge is 0.434 e. The van der Waals surface area contributed by atoms with Gasteiger partial charge in [0.15, 0.2) is 6.10 Å². The first kappa shape index (κ1) is 24.3. The van der Waals surface area contributed by atoms with Gasteiger partial charge in [0.2, 0.25) is 5.95 Å². The third-order valence-electron chi connectivity index (χ3n) is 3.55. The summed E-state index contributed by atoms with van der Waals surface area (Å²) in [7, 11) is 0. The SMILES string of the molecule is Cc1ccccc1Nc1nc(OC(C)C(F)(F)F)nc(OC(C(F)(F)F)C(F)(F)F)n1. The lowest BCUT2D eigenvalue weighted by Crippen LogP contribution is -2.47. The zero-order chi connectivity index (χ0) is 23.6. The maximum Gasteiger partial charge on any atom is 0.434 e. The molecule has 1 aromatic carbocycles. The lowest BCUT2D eigenvalue weighted by molar-refractivity contribution is -0.301. The van der Waals surface area contributed by atoms with Crippen LogP contribution >= 0.6 is 0 Å². The maximum atomic E-state index is 12.8. The highest BCUT2D eigenvalue weighted by atomic mass is 19.4. The number of nitrogens with zero attached hydrogens (tertiary/aromatic N) is 3. The molecule has 0 saturated heterocycles. The van der Waals surface area contributed by atoms with Crippen LogP contribution in [-0.4, -0.2) is 45.7 Å². The highest BCUT2D eigenvalue weighted by molar-refractivity contribution is 5.58. The number of rotatable bonds is 6. The first-order valence-corrected chi connectivity index (χ1v) is 8.19. The number of aryl methyl sites for hydroxylation is 1. The Morgan fingerprint density at radius 2 is 1.29 bits per heavy atom. The van der Waals surface area contributed by atoms with Crippen molar-refractivity contribution >= 4 is 11.6 Å². The van der Waals surface area contributed by atoms with Crippen LogP contribution in [0.4, 0.5) is 51.1 Å². The Labute approximate surface area is 168 Å². The van der Waals surface area contributed by atoms with Crippen molar-refractivity contribution in [3.8, 4) is 12.0 Å². The molecule has 0 spiro atoms. The van der Waals surface area contributed by atoms with Gasteiger partial charge in [-0.3, -0.25) is 0 Å². The number of aromatic nitrogens is 3. The fourth-order valence-corrected chi connectivity index (χ4v) is 1.98. The van der Waals surface area contributed by atoms with Crippen molar-refractivity contribution in [2.75, 3.05) is 5.32 Å². The molecule has 0 saturated carbocycles. The number of nitrogens with one attached hydrogen (secondary N) is 1. The molecule has 2 rings (SSSR count). The van der Waals surface area contributed by atoms with Crippen molar-refractivity contribution in [2.24, 2.45) is 0 Å². The Morgan fingerprint density at radius 1 is 0.774 bits per heavy atom. The summed E-state index contributed by atoms with van der Waals surface area (Å²) in [4.78, 5) is 9.76. The van der Waals surface area contributed by atoms with Crippen LogP contribution < -0.4 is 14.8 Å². The van der Waals surface area contributed by atoms with Gasteiger partial charge in [0.05, 0.1) is 0 Å². The molecule has 1 unspecified atom stereocenters. The van der Waals surface area contributed by atoms with E-state index >= 15 is 0 Å². The quantitative estimate of drug-likeness (QED) is 0.599. The second-order valence-electron chi connectivity index (χ2n) is 6.05. The molecule has 6 nitrogen and oxygen atoms in total. The first-order valence-electron chi connectivity index (χ1n) is 8.19. The first-order chi connectivity index (χ1) is 14.1. The van der Waals surface area contributed by atoms with E-state index in [9.17, 15) is 39.5 Å². The number of anilines is 2. The molecule has 1 aromatic heterocycles. The Bertz CT molecular complexity index is 886. The van der Waals surface area contributed by atoms with Crippen molar-refractivity contribution < 1.29 is 49.0 Å². The van der Waals surface area contributed by atoms with Gasteiger partial charge in [-0.2, -0.15) is 49.5 Å². The molecule has 0 radical (unpaired) electrons. The molecule has 0 aliphatic rings. The lowest BCUT2D eigenvalue weighted by atomic mass is 10.2. The average molecular weight is 464 g/mol. The number of ether oxygens (including phenoxy) is 2. The summed E-state index contributed by atoms with van der Waals surface area (Å²) >= 11 is 0. The Morgan fingerprint density at radius 3 is 1.77 bits per heavy atom. The normalized spacial score (nSPS) is 13.8. The van der Waals surface area contributed by atoms with Crippen molar-refractivity contribution in [1.82, 2.24) is 15.0 Å². The highest BCUT2D eigenvalue weighted by Crippen LogP contribution is 2.36. The van der Waals surface area contributed by atoms with E-state index in [2.05, 4.69) is 29.7 Å². The summed E-state index contributed by atoms with van der Waals surface area (Å²) in [5, 5.41) is 2.45. The molecule has 0 amide bonds. The Kier molecular flexibility index (Phi) is 6.75. The molecule has 2 aromatic rings. The third kappa shape index (κ3) is 6.75. The molecule has 31 heavy (non-hydrogen) atoms. The topological polar surface area (TPSA) is 69.2 Å². The minimum atomic E-state index is -5.91. The predicted octanol–water partition coefficient (Wildman–Crippen LogP) is 5.13. The van der Waals surface area contributed by atoms with Crippen molar-refractivity contribution in [3.05, 3.63) is 29.8 Å². The minimum Gasteiger partial charge on any atom is -0.451 e. The summed E-state index contributed by atoms with van der Waals surface area (Å²) in [5.41, 5.74) is 0.817. The van der Waals surface area contributed by atoms with E-state index in [1.54, 1.807) is 19.1 Å². The molecule has 0 aliphatic carbocycles. The third-order valence-corrected chi connectivity index (χ3v) is 3.55. The molecule has 0 aliphatic heterocycles. The van der Waals surface area contributed by atoms with Gasteiger partial charge in [-0.05, 0) is 25.5 Å². The number of hydrogen-bond acceptors (Lipinski definition) is 6. The van der Waals surface area contributed by atoms with Gasteiger partial charge >= 0.3 is 30.5 Å². The lowest BCUT2D eigenvalue weighted by Gasteiger charge is -2.23. The summed E-state index contributed by atoms with van der Waals surface area (Å²) in [5.74, 6) is -0.702. The summed E-state index contributed by atoms with van der Waals surface area (Å²) in [6.45, 7) is 2.13. The van der Waals surface area contributed by atoms with Crippen LogP contribution in [0, 0.1) is 6.92 Å². The Balaban J connectivity index is 2.46. The van der Waals surface area contributed by atoms with Crippen LogP contribution in [0.15, 0.2) is 24.3 Å². The minimum absolute atomic E-state index is 0.262. The number of benzene rings is 1. The number of hydrogen-bond donors (Lipinski definition) is 1. The van der Waals surface area contributed by atoms with Crippen LogP contribution in [0.5, 0.6) is 12.0 Å². The maximum absolute atomic E-state index is 12.8. The van der Waals surface area contributed by atoms with E-state index in [-0.39, 0.29) is 5.69 Å². The Hall–Kier alpha value is -3.00. The summed E-state index contributed by atoms with van der Waals surface area (Å²) < 4.78 is 123. The van der Waals surface area contributed by atoms with E-state index in [1.807, 2.05) is 0 Å². The van der Waals surface area contributed by atoms with Crippen molar-refractivity contribution in [2.45, 2.75) is 44.6 Å². The number of alkyl halides is 9. The molecular weight excluding hydrogens is 451 g/mol. The highest BCUT2D eigenvalue weighted by Gasteiger charge is 2.59. The van der Waals surface area contributed by atoms with Gasteiger partial charge in [-0.25, -0.2) is 0 Å². The fourth-order valence-electron chi connectivity index (χ4n) is 1.98. The van der Waals surface area contributed by atoms with E-state index < -0.39 is 48.7 Å². The number of para-hydroxylation sites is 1. The van der Waals surface area contributed by atoms with E-state index in [4.69, 9.17) is 0 Å².